The van der Waals surface area contributed by atoms with Crippen LogP contribution >= 0.6 is 0 Å². The van der Waals surface area contributed by atoms with Crippen molar-refractivity contribution < 1.29 is 14.3 Å². The van der Waals surface area contributed by atoms with Gasteiger partial charge in [-0.25, -0.2) is 4.79 Å². The Labute approximate surface area is 117 Å². The van der Waals surface area contributed by atoms with Crippen LogP contribution in [0.25, 0.3) is 0 Å². The average Bonchev–Trinajstić information content (AvgIpc) is 2.38. The van der Waals surface area contributed by atoms with Crippen LogP contribution in [0.15, 0.2) is 24.3 Å². The molecule has 6 heteroatoms. The molecule has 1 unspecified atom stereocenters. The maximum absolute atomic E-state index is 11.8. The Kier molecular flexibility index (Phi) is 5.71. The number of carbonyl (C=O) groups excluding carboxylic acids is 2. The minimum atomic E-state index is -0.875. The van der Waals surface area contributed by atoms with E-state index >= 15 is 0 Å². The number of hydrogen-bond acceptors (Lipinski definition) is 5. The summed E-state index contributed by atoms with van der Waals surface area (Å²) in [6.45, 7) is 3.21. The fourth-order valence-corrected chi connectivity index (χ4v) is 1.77. The van der Waals surface area contributed by atoms with Gasteiger partial charge in [-0.3, -0.25) is 4.79 Å². The zero-order valence-electron chi connectivity index (χ0n) is 11.6. The second-order valence-electron chi connectivity index (χ2n) is 4.28. The van der Waals surface area contributed by atoms with Crippen molar-refractivity contribution >= 4 is 23.3 Å². The molecule has 1 atom stereocenters. The molecule has 20 heavy (non-hydrogen) atoms. The quantitative estimate of drug-likeness (QED) is 0.411. The summed E-state index contributed by atoms with van der Waals surface area (Å²) in [5.74, 6) is -0.904. The third kappa shape index (κ3) is 4.38. The number of rotatable bonds is 6. The molecule has 0 aliphatic heterocycles. The summed E-state index contributed by atoms with van der Waals surface area (Å²) < 4.78 is 4.89. The predicted octanol–water partition coefficient (Wildman–Crippen LogP) is 1.09. The predicted molar refractivity (Wildman–Crippen MR) is 76.5 cm³/mol. The van der Waals surface area contributed by atoms with Crippen LogP contribution in [0.1, 0.15) is 25.8 Å². The number of benzene rings is 1. The third-order valence-corrected chi connectivity index (χ3v) is 2.64. The van der Waals surface area contributed by atoms with Crippen LogP contribution in [0.2, 0.25) is 0 Å². The second-order valence-corrected chi connectivity index (χ2v) is 4.28. The van der Waals surface area contributed by atoms with Crippen LogP contribution in [-0.4, -0.2) is 30.2 Å². The molecule has 0 spiro atoms. The first-order chi connectivity index (χ1) is 9.45. The first-order valence-electron chi connectivity index (χ1n) is 6.31. The van der Waals surface area contributed by atoms with Crippen LogP contribution in [-0.2, 0) is 14.3 Å². The molecule has 1 aromatic rings. The van der Waals surface area contributed by atoms with Crippen LogP contribution in [0.5, 0.6) is 0 Å². The van der Waals surface area contributed by atoms with Gasteiger partial charge < -0.3 is 21.2 Å². The van der Waals surface area contributed by atoms with Crippen molar-refractivity contribution in [3.8, 4) is 0 Å². The molecule has 0 saturated heterocycles. The van der Waals surface area contributed by atoms with Gasteiger partial charge in [0.15, 0.2) is 0 Å². The number of amides is 1. The molecule has 0 aliphatic carbocycles. The Morgan fingerprint density at radius 1 is 1.40 bits per heavy atom. The SMILES string of the molecule is CCOC(=O)C(CC(=N)c1ccccc1N)NC(C)=O. The van der Waals surface area contributed by atoms with E-state index in [0.717, 1.165) is 0 Å². The number of nitrogens with two attached hydrogens (primary N) is 1. The van der Waals surface area contributed by atoms with Gasteiger partial charge in [0.25, 0.3) is 0 Å². The summed E-state index contributed by atoms with van der Waals surface area (Å²) in [5.41, 5.74) is 6.97. The van der Waals surface area contributed by atoms with E-state index < -0.39 is 12.0 Å². The van der Waals surface area contributed by atoms with Crippen molar-refractivity contribution in [1.29, 1.82) is 5.41 Å². The zero-order valence-corrected chi connectivity index (χ0v) is 11.6. The number of esters is 1. The monoisotopic (exact) mass is 277 g/mol. The summed E-state index contributed by atoms with van der Waals surface area (Å²) in [6, 6.07) is 6.04. The molecule has 1 rings (SSSR count). The van der Waals surface area contributed by atoms with E-state index in [9.17, 15) is 9.59 Å². The Hall–Kier alpha value is -2.37. The normalized spacial score (nSPS) is 11.5. The molecule has 1 amide bonds. The summed E-state index contributed by atoms with van der Waals surface area (Å²) in [4.78, 5) is 22.9. The lowest BCUT2D eigenvalue weighted by molar-refractivity contribution is -0.147. The number of para-hydroxylation sites is 1. The van der Waals surface area contributed by atoms with Crippen LogP contribution in [0, 0.1) is 5.41 Å². The minimum Gasteiger partial charge on any atom is -0.464 e. The second kappa shape index (κ2) is 7.28. The van der Waals surface area contributed by atoms with E-state index in [0.29, 0.717) is 11.3 Å². The number of hydrogen-bond donors (Lipinski definition) is 3. The van der Waals surface area contributed by atoms with E-state index in [1.165, 1.54) is 6.92 Å². The number of carbonyl (C=O) groups is 2. The molecule has 0 heterocycles. The van der Waals surface area contributed by atoms with Crippen LogP contribution < -0.4 is 11.1 Å². The van der Waals surface area contributed by atoms with Gasteiger partial charge in [-0.05, 0) is 13.0 Å². The summed E-state index contributed by atoms with van der Waals surface area (Å²) in [6.07, 6.45) is 0.0344. The Morgan fingerprint density at radius 3 is 2.60 bits per heavy atom. The first kappa shape index (κ1) is 15.7. The zero-order chi connectivity index (χ0) is 15.1. The number of ether oxygens (including phenoxy) is 1. The van der Waals surface area contributed by atoms with E-state index in [4.69, 9.17) is 15.9 Å². The summed E-state index contributed by atoms with van der Waals surface area (Å²) in [7, 11) is 0. The van der Waals surface area contributed by atoms with Crippen molar-refractivity contribution in [2.75, 3.05) is 12.3 Å². The third-order valence-electron chi connectivity index (χ3n) is 2.64. The molecule has 0 bridgehead atoms. The summed E-state index contributed by atoms with van der Waals surface area (Å²) >= 11 is 0. The standard InChI is InChI=1S/C14H19N3O3/c1-3-20-14(19)13(17-9(2)18)8-12(16)10-6-4-5-7-11(10)15/h4-7,13,16H,3,8,15H2,1-2H3,(H,17,18). The fraction of sp³-hybridized carbons (Fsp3) is 0.357. The van der Waals surface area contributed by atoms with Gasteiger partial charge in [0.2, 0.25) is 5.91 Å². The number of nitrogen functional groups attached to an aromatic ring is 1. The lowest BCUT2D eigenvalue weighted by Crippen LogP contribution is -2.42. The highest BCUT2D eigenvalue weighted by atomic mass is 16.5. The van der Waals surface area contributed by atoms with Crippen LogP contribution in [0.3, 0.4) is 0 Å². The van der Waals surface area contributed by atoms with E-state index in [-0.39, 0.29) is 24.6 Å². The maximum Gasteiger partial charge on any atom is 0.329 e. The molecule has 0 aromatic heterocycles. The highest BCUT2D eigenvalue weighted by molar-refractivity contribution is 6.04. The van der Waals surface area contributed by atoms with Crippen LogP contribution in [0.4, 0.5) is 5.69 Å². The smallest absolute Gasteiger partial charge is 0.329 e. The Morgan fingerprint density at radius 2 is 2.05 bits per heavy atom. The number of nitrogens with one attached hydrogen (secondary N) is 2. The molecule has 108 valence electrons. The fourth-order valence-electron chi connectivity index (χ4n) is 1.77. The summed E-state index contributed by atoms with van der Waals surface area (Å²) in [5, 5.41) is 10.5. The minimum absolute atomic E-state index is 0.0344. The van der Waals surface area contributed by atoms with Gasteiger partial charge >= 0.3 is 5.97 Å². The lowest BCUT2D eigenvalue weighted by Gasteiger charge is -2.17. The maximum atomic E-state index is 11.8. The van der Waals surface area contributed by atoms with Gasteiger partial charge in [0.05, 0.1) is 6.61 Å². The molecular weight excluding hydrogens is 258 g/mol. The van der Waals surface area contributed by atoms with Gasteiger partial charge in [0.1, 0.15) is 6.04 Å². The highest BCUT2D eigenvalue weighted by Crippen LogP contribution is 2.14. The Balaban J connectivity index is 2.84. The van der Waals surface area contributed by atoms with Crippen molar-refractivity contribution in [2.45, 2.75) is 26.3 Å². The van der Waals surface area contributed by atoms with Crippen molar-refractivity contribution in [2.24, 2.45) is 0 Å². The van der Waals surface area contributed by atoms with Crippen molar-refractivity contribution in [3.05, 3.63) is 29.8 Å². The molecule has 6 nitrogen and oxygen atoms in total. The van der Waals surface area contributed by atoms with Gasteiger partial charge in [-0.2, -0.15) is 0 Å². The van der Waals surface area contributed by atoms with E-state index in [2.05, 4.69) is 5.32 Å². The Bertz CT molecular complexity index is 514. The molecular formula is C14H19N3O3. The first-order valence-corrected chi connectivity index (χ1v) is 6.31. The van der Waals surface area contributed by atoms with Gasteiger partial charge in [-0.15, -0.1) is 0 Å². The van der Waals surface area contributed by atoms with E-state index in [1.807, 2.05) is 0 Å². The van der Waals surface area contributed by atoms with Crippen molar-refractivity contribution in [1.82, 2.24) is 5.32 Å². The lowest BCUT2D eigenvalue weighted by atomic mass is 10.0. The molecule has 0 radical (unpaired) electrons. The molecule has 0 aliphatic rings. The molecule has 1 aromatic carbocycles. The molecule has 0 saturated carbocycles. The topological polar surface area (TPSA) is 105 Å². The molecule has 0 fully saturated rings. The van der Waals surface area contributed by atoms with Gasteiger partial charge in [0, 0.05) is 30.3 Å². The van der Waals surface area contributed by atoms with Gasteiger partial charge in [-0.1, -0.05) is 18.2 Å². The highest BCUT2D eigenvalue weighted by Gasteiger charge is 2.23. The largest absolute Gasteiger partial charge is 0.464 e. The van der Waals surface area contributed by atoms with Crippen molar-refractivity contribution in [3.63, 3.8) is 0 Å². The average molecular weight is 277 g/mol. The molecule has 4 N–H and O–H groups in total. The number of anilines is 1. The van der Waals surface area contributed by atoms with E-state index in [1.54, 1.807) is 31.2 Å².